The van der Waals surface area contributed by atoms with Crippen molar-refractivity contribution < 1.29 is 14.5 Å². The lowest BCUT2D eigenvalue weighted by Crippen LogP contribution is -2.34. The molecule has 0 unspecified atom stereocenters. The van der Waals surface area contributed by atoms with Crippen molar-refractivity contribution >= 4 is 23.2 Å². The first-order valence-corrected chi connectivity index (χ1v) is 8.48. The van der Waals surface area contributed by atoms with Crippen molar-refractivity contribution in [3.63, 3.8) is 0 Å². The summed E-state index contributed by atoms with van der Waals surface area (Å²) in [7, 11) is 0. The largest absolute Gasteiger partial charge is 0.484 e. The number of benzene rings is 1. The molecule has 0 saturated heterocycles. The fraction of sp³-hybridized carbons (Fsp3) is 0.111. The third-order valence-electron chi connectivity index (χ3n) is 3.62. The molecule has 1 amide bonds. The molecule has 0 saturated carbocycles. The summed E-state index contributed by atoms with van der Waals surface area (Å²) in [6.07, 6.45) is 4.41. The molecule has 29 heavy (non-hydrogen) atoms. The van der Waals surface area contributed by atoms with Crippen LogP contribution in [0, 0.1) is 10.1 Å². The van der Waals surface area contributed by atoms with Crippen molar-refractivity contribution in [2.45, 2.75) is 6.54 Å². The van der Waals surface area contributed by atoms with Crippen LogP contribution in [0.4, 0.5) is 17.3 Å². The van der Waals surface area contributed by atoms with Crippen molar-refractivity contribution in [2.24, 2.45) is 0 Å². The van der Waals surface area contributed by atoms with E-state index >= 15 is 0 Å². The van der Waals surface area contributed by atoms with Gasteiger partial charge in [0.15, 0.2) is 6.61 Å². The minimum absolute atomic E-state index is 0.00568. The number of pyridine rings is 1. The second-order valence-electron chi connectivity index (χ2n) is 5.67. The molecule has 1 aromatic carbocycles. The van der Waals surface area contributed by atoms with Crippen molar-refractivity contribution in [3.05, 3.63) is 76.9 Å². The van der Waals surface area contributed by atoms with Crippen LogP contribution in [0.15, 0.2) is 61.2 Å². The highest BCUT2D eigenvalue weighted by molar-refractivity contribution is 5.80. The molecule has 0 spiro atoms. The summed E-state index contributed by atoms with van der Waals surface area (Å²) < 4.78 is 5.31. The van der Waals surface area contributed by atoms with Gasteiger partial charge in [0.2, 0.25) is 11.6 Å². The van der Waals surface area contributed by atoms with Gasteiger partial charge in [0.1, 0.15) is 12.1 Å². The summed E-state index contributed by atoms with van der Waals surface area (Å²) in [6, 6.07) is 12.4. The first-order chi connectivity index (χ1) is 14.1. The predicted molar refractivity (Wildman–Crippen MR) is 104 cm³/mol. The number of carbonyl (C=O) groups excluding carboxylic acids is 1. The minimum atomic E-state index is -0.638. The van der Waals surface area contributed by atoms with Crippen LogP contribution < -0.4 is 20.9 Å². The first-order valence-electron chi connectivity index (χ1n) is 8.48. The van der Waals surface area contributed by atoms with Crippen LogP contribution in [-0.2, 0) is 11.3 Å². The van der Waals surface area contributed by atoms with E-state index in [9.17, 15) is 14.9 Å². The Bertz CT molecular complexity index is 970. The van der Waals surface area contributed by atoms with Crippen LogP contribution in [0.3, 0.4) is 0 Å². The number of carbonyl (C=O) groups is 1. The number of hydrogen-bond acceptors (Lipinski definition) is 9. The van der Waals surface area contributed by atoms with Crippen LogP contribution in [-0.4, -0.2) is 32.4 Å². The lowest BCUT2D eigenvalue weighted by molar-refractivity contribution is -0.383. The topological polar surface area (TPSA) is 144 Å². The van der Waals surface area contributed by atoms with E-state index in [4.69, 9.17) is 4.74 Å². The van der Waals surface area contributed by atoms with E-state index in [2.05, 4.69) is 31.1 Å². The van der Waals surface area contributed by atoms with Gasteiger partial charge < -0.3 is 10.1 Å². The minimum Gasteiger partial charge on any atom is -0.484 e. The molecule has 2 heterocycles. The number of nitro groups is 1. The summed E-state index contributed by atoms with van der Waals surface area (Å²) in [5, 5.41) is 14.4. The van der Waals surface area contributed by atoms with Crippen LogP contribution in [0.1, 0.15) is 5.56 Å². The number of aromatic nitrogens is 3. The molecule has 11 nitrogen and oxygen atoms in total. The van der Waals surface area contributed by atoms with Gasteiger partial charge in [-0.3, -0.25) is 30.7 Å². The molecule has 3 N–H and O–H groups in total. The summed E-state index contributed by atoms with van der Waals surface area (Å²) in [6.45, 7) is 0.00438. The SMILES string of the molecule is O=C(COc1ccccc1)NNc1ncnc(NCc2cccnc2)c1[N+](=O)[O-]. The van der Waals surface area contributed by atoms with Gasteiger partial charge in [-0.1, -0.05) is 24.3 Å². The lowest BCUT2D eigenvalue weighted by atomic mass is 10.3. The highest BCUT2D eigenvalue weighted by atomic mass is 16.6. The quantitative estimate of drug-likeness (QED) is 0.365. The zero-order chi connectivity index (χ0) is 20.5. The predicted octanol–water partition coefficient (Wildman–Crippen LogP) is 1.91. The van der Waals surface area contributed by atoms with E-state index in [-0.39, 0.29) is 24.8 Å². The number of amides is 1. The third kappa shape index (κ3) is 5.60. The van der Waals surface area contributed by atoms with Gasteiger partial charge >= 0.3 is 5.69 Å². The molecule has 3 rings (SSSR count). The Hall–Kier alpha value is -4.28. The zero-order valence-electron chi connectivity index (χ0n) is 15.1. The summed E-state index contributed by atoms with van der Waals surface area (Å²) in [5.74, 6) is -0.165. The molecule has 0 radical (unpaired) electrons. The van der Waals surface area contributed by atoms with E-state index in [1.165, 1.54) is 0 Å². The van der Waals surface area contributed by atoms with E-state index in [1.807, 2.05) is 12.1 Å². The second kappa shape index (κ2) is 9.60. The Balaban J connectivity index is 1.62. The number of nitrogens with one attached hydrogen (secondary N) is 3. The lowest BCUT2D eigenvalue weighted by Gasteiger charge is -2.11. The molecule has 0 aliphatic rings. The van der Waals surface area contributed by atoms with Crippen molar-refractivity contribution in [1.82, 2.24) is 20.4 Å². The second-order valence-corrected chi connectivity index (χ2v) is 5.67. The van der Waals surface area contributed by atoms with Gasteiger partial charge in [0, 0.05) is 18.9 Å². The molecular formula is C18H17N7O4. The third-order valence-corrected chi connectivity index (χ3v) is 3.62. The molecule has 0 aliphatic heterocycles. The van der Waals surface area contributed by atoms with Gasteiger partial charge in [0.25, 0.3) is 5.91 Å². The average Bonchev–Trinajstić information content (AvgIpc) is 2.76. The smallest absolute Gasteiger partial charge is 0.354 e. The Kier molecular flexibility index (Phi) is 6.45. The Morgan fingerprint density at radius 1 is 1.10 bits per heavy atom. The van der Waals surface area contributed by atoms with Gasteiger partial charge in [-0.25, -0.2) is 9.97 Å². The number of anilines is 2. The standard InChI is InChI=1S/C18H17N7O4/c26-15(11-29-14-6-2-1-3-7-14)23-24-18-16(25(27)28)17(21-12-22-18)20-10-13-5-4-8-19-9-13/h1-9,12H,10-11H2,(H,23,26)(H2,20,21,22,24). The molecule has 0 aliphatic carbocycles. The van der Waals surface area contributed by atoms with Crippen molar-refractivity contribution in [1.29, 1.82) is 0 Å². The molecule has 0 fully saturated rings. The average molecular weight is 395 g/mol. The van der Waals surface area contributed by atoms with Gasteiger partial charge in [-0.2, -0.15) is 0 Å². The number of nitrogens with zero attached hydrogens (tertiary/aromatic N) is 4. The van der Waals surface area contributed by atoms with Crippen LogP contribution >= 0.6 is 0 Å². The summed E-state index contributed by atoms with van der Waals surface area (Å²) >= 11 is 0. The summed E-state index contributed by atoms with van der Waals surface area (Å²) in [5.41, 5.74) is 5.18. The fourth-order valence-electron chi connectivity index (χ4n) is 2.29. The van der Waals surface area contributed by atoms with Gasteiger partial charge in [-0.05, 0) is 23.8 Å². The maximum Gasteiger partial charge on any atom is 0.354 e. The van der Waals surface area contributed by atoms with Crippen molar-refractivity contribution in [2.75, 3.05) is 17.3 Å². The van der Waals surface area contributed by atoms with Crippen LogP contribution in [0.5, 0.6) is 5.75 Å². The van der Waals surface area contributed by atoms with Crippen LogP contribution in [0.2, 0.25) is 0 Å². The highest BCUT2D eigenvalue weighted by Crippen LogP contribution is 2.28. The fourth-order valence-corrected chi connectivity index (χ4v) is 2.29. The Labute approximate surface area is 165 Å². The highest BCUT2D eigenvalue weighted by Gasteiger charge is 2.23. The molecule has 148 valence electrons. The molecule has 3 aromatic rings. The van der Waals surface area contributed by atoms with Crippen LogP contribution in [0.25, 0.3) is 0 Å². The Morgan fingerprint density at radius 2 is 1.90 bits per heavy atom. The number of hydrazine groups is 1. The van der Waals surface area contributed by atoms with E-state index < -0.39 is 16.5 Å². The zero-order valence-corrected chi connectivity index (χ0v) is 15.1. The number of hydrogen-bond donors (Lipinski definition) is 3. The molecule has 2 aromatic heterocycles. The van der Waals surface area contributed by atoms with E-state index in [0.717, 1.165) is 11.9 Å². The monoisotopic (exact) mass is 395 g/mol. The normalized spacial score (nSPS) is 10.1. The maximum absolute atomic E-state index is 11.9. The molecule has 0 bridgehead atoms. The molecule has 0 atom stereocenters. The number of ether oxygens (including phenoxy) is 1. The first kappa shape index (κ1) is 19.5. The molecule has 11 heteroatoms. The number of rotatable bonds is 9. The number of para-hydroxylation sites is 1. The van der Waals surface area contributed by atoms with E-state index in [0.29, 0.717) is 5.75 Å². The van der Waals surface area contributed by atoms with E-state index in [1.54, 1.807) is 42.7 Å². The summed E-state index contributed by atoms with van der Waals surface area (Å²) in [4.78, 5) is 34.5. The maximum atomic E-state index is 11.9. The Morgan fingerprint density at radius 3 is 2.62 bits per heavy atom. The molecular weight excluding hydrogens is 378 g/mol. The van der Waals surface area contributed by atoms with Gasteiger partial charge in [-0.15, -0.1) is 0 Å². The van der Waals surface area contributed by atoms with Gasteiger partial charge in [0.05, 0.1) is 4.92 Å². The van der Waals surface area contributed by atoms with Crippen molar-refractivity contribution in [3.8, 4) is 5.75 Å².